The van der Waals surface area contributed by atoms with E-state index in [1.807, 2.05) is 0 Å². The van der Waals surface area contributed by atoms with Gasteiger partial charge in [-0.15, -0.1) is 0 Å². The molecule has 106 valence electrons. The van der Waals surface area contributed by atoms with E-state index in [2.05, 4.69) is 52.4 Å². The number of nitrogens with one attached hydrogen (secondary N) is 1. The highest BCUT2D eigenvalue weighted by atomic mass is 16.5. The van der Waals surface area contributed by atoms with Crippen LogP contribution in [-0.4, -0.2) is 36.3 Å². The van der Waals surface area contributed by atoms with Crippen LogP contribution >= 0.6 is 0 Å². The van der Waals surface area contributed by atoms with Gasteiger partial charge in [0.25, 0.3) is 5.95 Å². The van der Waals surface area contributed by atoms with E-state index < -0.39 is 0 Å². The summed E-state index contributed by atoms with van der Waals surface area (Å²) in [6, 6.07) is 6.45. The summed E-state index contributed by atoms with van der Waals surface area (Å²) in [6.07, 6.45) is 0.701. The maximum absolute atomic E-state index is 5.39. The molecule has 5 nitrogen and oxygen atoms in total. The Morgan fingerprint density at radius 2 is 2.05 bits per heavy atom. The van der Waals surface area contributed by atoms with Gasteiger partial charge < -0.3 is 14.7 Å². The zero-order chi connectivity index (χ0) is 13.9. The maximum Gasteiger partial charge on any atom is 0.266 e. The van der Waals surface area contributed by atoms with Crippen molar-refractivity contribution in [3.8, 4) is 0 Å². The van der Waals surface area contributed by atoms with Crippen LogP contribution in [0.3, 0.4) is 0 Å². The Hall–Kier alpha value is -1.88. The van der Waals surface area contributed by atoms with Gasteiger partial charge in [-0.25, -0.2) is 0 Å². The number of benzene rings is 1. The lowest BCUT2D eigenvalue weighted by atomic mass is 10.0. The van der Waals surface area contributed by atoms with Crippen LogP contribution in [0.2, 0.25) is 0 Å². The van der Waals surface area contributed by atoms with Crippen LogP contribution < -0.4 is 10.2 Å². The Morgan fingerprint density at radius 3 is 2.85 bits per heavy atom. The van der Waals surface area contributed by atoms with Crippen LogP contribution in [0.4, 0.5) is 5.95 Å². The molecule has 0 atom stereocenters. The standard InChI is InChI=1S/C15H20N4O/c1-11-3-4-12(2)13(9-11)10-14-17-15(18-20-14)19-7-5-16-6-8-19/h3-4,9,16H,5-8,10H2,1-2H3. The highest BCUT2D eigenvalue weighted by Gasteiger charge is 2.16. The summed E-state index contributed by atoms with van der Waals surface area (Å²) in [5.74, 6) is 1.40. The van der Waals surface area contributed by atoms with Gasteiger partial charge in [0.15, 0.2) is 0 Å². The van der Waals surface area contributed by atoms with Gasteiger partial charge in [0.2, 0.25) is 5.89 Å². The Bertz CT molecular complexity index is 587. The molecule has 20 heavy (non-hydrogen) atoms. The average molecular weight is 272 g/mol. The second kappa shape index (κ2) is 5.63. The fourth-order valence-corrected chi connectivity index (χ4v) is 2.46. The summed E-state index contributed by atoms with van der Waals surface area (Å²) < 4.78 is 5.39. The van der Waals surface area contributed by atoms with Crippen molar-refractivity contribution in [2.75, 3.05) is 31.1 Å². The lowest BCUT2D eigenvalue weighted by molar-refractivity contribution is 0.383. The molecule has 1 fully saturated rings. The number of hydrogen-bond donors (Lipinski definition) is 1. The molecule has 0 amide bonds. The van der Waals surface area contributed by atoms with Crippen molar-refractivity contribution in [2.24, 2.45) is 0 Å². The molecule has 1 aromatic carbocycles. The van der Waals surface area contributed by atoms with E-state index in [0.717, 1.165) is 26.2 Å². The van der Waals surface area contributed by atoms with Gasteiger partial charge in [-0.3, -0.25) is 0 Å². The molecular weight excluding hydrogens is 252 g/mol. The molecule has 1 saturated heterocycles. The number of aryl methyl sites for hydroxylation is 2. The number of anilines is 1. The molecule has 0 spiro atoms. The molecule has 0 bridgehead atoms. The summed E-state index contributed by atoms with van der Waals surface area (Å²) >= 11 is 0. The fraction of sp³-hybridized carbons (Fsp3) is 0.467. The molecular formula is C15H20N4O. The number of nitrogens with zero attached hydrogens (tertiary/aromatic N) is 3. The first-order chi connectivity index (χ1) is 9.72. The van der Waals surface area contributed by atoms with Crippen molar-refractivity contribution in [1.29, 1.82) is 0 Å². The average Bonchev–Trinajstić information content (AvgIpc) is 2.92. The van der Waals surface area contributed by atoms with E-state index in [1.54, 1.807) is 0 Å². The van der Waals surface area contributed by atoms with E-state index >= 15 is 0 Å². The molecule has 5 heteroatoms. The molecule has 0 unspecified atom stereocenters. The van der Waals surface area contributed by atoms with Crippen molar-refractivity contribution in [3.63, 3.8) is 0 Å². The SMILES string of the molecule is Cc1ccc(C)c(Cc2nc(N3CCNCC3)no2)c1. The number of rotatable bonds is 3. The molecule has 1 aliphatic rings. The molecule has 0 radical (unpaired) electrons. The second-order valence-corrected chi connectivity index (χ2v) is 5.33. The maximum atomic E-state index is 5.39. The largest absolute Gasteiger partial charge is 0.337 e. The first kappa shape index (κ1) is 13.1. The van der Waals surface area contributed by atoms with E-state index in [9.17, 15) is 0 Å². The third kappa shape index (κ3) is 2.82. The van der Waals surface area contributed by atoms with Crippen LogP contribution in [0.15, 0.2) is 22.7 Å². The predicted molar refractivity (Wildman–Crippen MR) is 78.1 cm³/mol. The molecule has 1 N–H and O–H groups in total. The van der Waals surface area contributed by atoms with Gasteiger partial charge in [0, 0.05) is 26.2 Å². The lowest BCUT2D eigenvalue weighted by Gasteiger charge is -2.25. The molecule has 2 heterocycles. The highest BCUT2D eigenvalue weighted by Crippen LogP contribution is 2.17. The minimum Gasteiger partial charge on any atom is -0.337 e. The van der Waals surface area contributed by atoms with Gasteiger partial charge in [-0.1, -0.05) is 23.8 Å². The smallest absolute Gasteiger partial charge is 0.266 e. The molecule has 3 rings (SSSR count). The van der Waals surface area contributed by atoms with Crippen molar-refractivity contribution in [1.82, 2.24) is 15.5 Å². The molecule has 2 aromatic rings. The second-order valence-electron chi connectivity index (χ2n) is 5.33. The van der Waals surface area contributed by atoms with Gasteiger partial charge in [-0.2, -0.15) is 4.98 Å². The minimum absolute atomic E-state index is 0.687. The molecule has 0 saturated carbocycles. The monoisotopic (exact) mass is 272 g/mol. The summed E-state index contributed by atoms with van der Waals surface area (Å²) in [6.45, 7) is 8.03. The van der Waals surface area contributed by atoms with E-state index in [-0.39, 0.29) is 0 Å². The number of piperazine rings is 1. The minimum atomic E-state index is 0.687. The van der Waals surface area contributed by atoms with Gasteiger partial charge in [-0.05, 0) is 30.1 Å². The Balaban J connectivity index is 1.75. The van der Waals surface area contributed by atoms with E-state index in [0.29, 0.717) is 18.3 Å². The van der Waals surface area contributed by atoms with Crippen molar-refractivity contribution in [3.05, 3.63) is 40.8 Å². The topological polar surface area (TPSA) is 54.2 Å². The Kier molecular flexibility index (Phi) is 3.69. The summed E-state index contributed by atoms with van der Waals surface area (Å²) in [7, 11) is 0. The first-order valence-electron chi connectivity index (χ1n) is 7.07. The van der Waals surface area contributed by atoms with Crippen LogP contribution in [-0.2, 0) is 6.42 Å². The quantitative estimate of drug-likeness (QED) is 0.921. The van der Waals surface area contributed by atoms with Crippen LogP contribution in [0.25, 0.3) is 0 Å². The zero-order valence-electron chi connectivity index (χ0n) is 12.0. The summed E-state index contributed by atoms with van der Waals surface area (Å²) in [4.78, 5) is 6.68. The molecule has 1 aliphatic heterocycles. The van der Waals surface area contributed by atoms with Crippen LogP contribution in [0.5, 0.6) is 0 Å². The fourth-order valence-electron chi connectivity index (χ4n) is 2.46. The highest BCUT2D eigenvalue weighted by molar-refractivity contribution is 5.34. The molecule has 0 aliphatic carbocycles. The first-order valence-corrected chi connectivity index (χ1v) is 7.07. The zero-order valence-corrected chi connectivity index (χ0v) is 12.0. The number of hydrogen-bond acceptors (Lipinski definition) is 5. The van der Waals surface area contributed by atoms with E-state index in [1.165, 1.54) is 16.7 Å². The summed E-state index contributed by atoms with van der Waals surface area (Å²) in [5, 5.41) is 7.42. The number of aromatic nitrogens is 2. The third-order valence-electron chi connectivity index (χ3n) is 3.70. The Morgan fingerprint density at radius 1 is 1.25 bits per heavy atom. The van der Waals surface area contributed by atoms with E-state index in [4.69, 9.17) is 4.52 Å². The summed E-state index contributed by atoms with van der Waals surface area (Å²) in [5.41, 5.74) is 3.77. The third-order valence-corrected chi connectivity index (χ3v) is 3.70. The van der Waals surface area contributed by atoms with Gasteiger partial charge in [0.05, 0.1) is 6.42 Å². The Labute approximate surface area is 119 Å². The van der Waals surface area contributed by atoms with Crippen molar-refractivity contribution < 1.29 is 4.52 Å². The van der Waals surface area contributed by atoms with Crippen molar-refractivity contribution >= 4 is 5.95 Å². The van der Waals surface area contributed by atoms with Crippen LogP contribution in [0, 0.1) is 13.8 Å². The molecule has 1 aromatic heterocycles. The lowest BCUT2D eigenvalue weighted by Crippen LogP contribution is -2.44. The van der Waals surface area contributed by atoms with Crippen molar-refractivity contribution in [2.45, 2.75) is 20.3 Å². The predicted octanol–water partition coefficient (Wildman–Crippen LogP) is 1.69. The van der Waals surface area contributed by atoms with Crippen LogP contribution in [0.1, 0.15) is 22.6 Å². The normalized spacial score (nSPS) is 15.6. The van der Waals surface area contributed by atoms with Gasteiger partial charge >= 0.3 is 0 Å². The van der Waals surface area contributed by atoms with Gasteiger partial charge in [0.1, 0.15) is 0 Å².